The van der Waals surface area contributed by atoms with Crippen molar-refractivity contribution in [1.29, 1.82) is 0 Å². The van der Waals surface area contributed by atoms with E-state index in [9.17, 15) is 22.0 Å². The summed E-state index contributed by atoms with van der Waals surface area (Å²) in [5.41, 5.74) is 1.09. The molecule has 0 amide bonds. The van der Waals surface area contributed by atoms with Gasteiger partial charge in [-0.2, -0.15) is 5.10 Å². The summed E-state index contributed by atoms with van der Waals surface area (Å²) in [6.45, 7) is 0. The molecular formula is C17H13F2N3O3S. The third-order valence-corrected chi connectivity index (χ3v) is 4.97. The number of sulfonamides is 1. The summed E-state index contributed by atoms with van der Waals surface area (Å²) >= 11 is 0. The predicted molar refractivity (Wildman–Crippen MR) is 92.1 cm³/mol. The molecule has 9 heteroatoms. The molecule has 3 aromatic rings. The number of rotatable bonds is 4. The molecule has 134 valence electrons. The Morgan fingerprint density at radius 3 is 2.35 bits per heavy atom. The van der Waals surface area contributed by atoms with Gasteiger partial charge in [0.25, 0.3) is 15.6 Å². The van der Waals surface area contributed by atoms with E-state index < -0.39 is 26.6 Å². The number of hydrogen-bond acceptors (Lipinski definition) is 4. The van der Waals surface area contributed by atoms with E-state index in [4.69, 9.17) is 0 Å². The van der Waals surface area contributed by atoms with E-state index in [0.29, 0.717) is 17.3 Å². The fraction of sp³-hybridized carbons (Fsp3) is 0.0588. The Hall–Kier alpha value is -3.07. The van der Waals surface area contributed by atoms with Gasteiger partial charge in [0.1, 0.15) is 16.5 Å². The van der Waals surface area contributed by atoms with Crippen molar-refractivity contribution in [2.75, 3.05) is 4.72 Å². The van der Waals surface area contributed by atoms with Crippen molar-refractivity contribution in [3.63, 3.8) is 0 Å². The van der Waals surface area contributed by atoms with Crippen molar-refractivity contribution >= 4 is 15.7 Å². The molecule has 1 heterocycles. The van der Waals surface area contributed by atoms with Crippen LogP contribution in [0.5, 0.6) is 0 Å². The van der Waals surface area contributed by atoms with E-state index in [1.54, 1.807) is 18.2 Å². The van der Waals surface area contributed by atoms with Gasteiger partial charge in [0.2, 0.25) is 0 Å². The molecule has 1 aromatic heterocycles. The van der Waals surface area contributed by atoms with Crippen molar-refractivity contribution in [3.05, 3.63) is 76.6 Å². The van der Waals surface area contributed by atoms with Crippen molar-refractivity contribution < 1.29 is 17.2 Å². The van der Waals surface area contributed by atoms with Crippen molar-refractivity contribution in [2.24, 2.45) is 7.05 Å². The number of halogens is 2. The molecule has 0 aliphatic heterocycles. The molecule has 0 radical (unpaired) electrons. The van der Waals surface area contributed by atoms with Crippen LogP contribution in [-0.2, 0) is 17.1 Å². The van der Waals surface area contributed by atoms with Crippen LogP contribution in [-0.4, -0.2) is 18.2 Å². The minimum Gasteiger partial charge on any atom is -0.280 e. The molecule has 0 unspecified atom stereocenters. The SMILES string of the molecule is Cn1nc(-c2ccc(NS(=O)(=O)c3cc(F)ccc3F)cc2)ccc1=O. The number of benzene rings is 2. The highest BCUT2D eigenvalue weighted by molar-refractivity contribution is 7.92. The third-order valence-electron chi connectivity index (χ3n) is 3.58. The molecular weight excluding hydrogens is 364 g/mol. The molecule has 3 rings (SSSR count). The zero-order valence-electron chi connectivity index (χ0n) is 13.5. The summed E-state index contributed by atoms with van der Waals surface area (Å²) < 4.78 is 54.8. The first-order chi connectivity index (χ1) is 12.3. The Kier molecular flexibility index (Phi) is 4.56. The topological polar surface area (TPSA) is 81.1 Å². The number of anilines is 1. The van der Waals surface area contributed by atoms with Gasteiger partial charge in [0.05, 0.1) is 5.69 Å². The average Bonchev–Trinajstić information content (AvgIpc) is 2.60. The first-order valence-electron chi connectivity index (χ1n) is 7.39. The van der Waals surface area contributed by atoms with Gasteiger partial charge in [0, 0.05) is 24.4 Å². The lowest BCUT2D eigenvalue weighted by atomic mass is 10.1. The van der Waals surface area contributed by atoms with Crippen LogP contribution in [0.15, 0.2) is 64.3 Å². The second-order valence-corrected chi connectivity index (χ2v) is 7.09. The molecule has 0 fully saturated rings. The Morgan fingerprint density at radius 1 is 1.00 bits per heavy atom. The maximum atomic E-state index is 13.7. The molecule has 2 aromatic carbocycles. The first-order valence-corrected chi connectivity index (χ1v) is 8.87. The molecule has 0 aliphatic rings. The van der Waals surface area contributed by atoms with Crippen molar-refractivity contribution in [2.45, 2.75) is 4.90 Å². The fourth-order valence-electron chi connectivity index (χ4n) is 2.26. The zero-order valence-corrected chi connectivity index (χ0v) is 14.3. The minimum absolute atomic E-state index is 0.169. The van der Waals surface area contributed by atoms with Crippen LogP contribution in [0.2, 0.25) is 0 Å². The summed E-state index contributed by atoms with van der Waals surface area (Å²) in [6, 6.07) is 11.2. The summed E-state index contributed by atoms with van der Waals surface area (Å²) in [5, 5.41) is 4.09. The van der Waals surface area contributed by atoms with Gasteiger partial charge >= 0.3 is 0 Å². The molecule has 0 aliphatic carbocycles. The summed E-state index contributed by atoms with van der Waals surface area (Å²) in [6.07, 6.45) is 0. The van der Waals surface area contributed by atoms with Crippen LogP contribution in [0.3, 0.4) is 0 Å². The second-order valence-electron chi connectivity index (χ2n) is 5.44. The summed E-state index contributed by atoms with van der Waals surface area (Å²) in [7, 11) is -2.77. The smallest absolute Gasteiger partial charge is 0.266 e. The highest BCUT2D eigenvalue weighted by Gasteiger charge is 2.20. The van der Waals surface area contributed by atoms with Crippen LogP contribution < -0.4 is 10.3 Å². The predicted octanol–water partition coefficient (Wildman–Crippen LogP) is 2.53. The lowest BCUT2D eigenvalue weighted by Crippen LogP contribution is -2.18. The molecule has 6 nitrogen and oxygen atoms in total. The fourth-order valence-corrected chi connectivity index (χ4v) is 3.41. The molecule has 0 bridgehead atoms. The van der Waals surface area contributed by atoms with Gasteiger partial charge in [-0.05, 0) is 36.4 Å². The van der Waals surface area contributed by atoms with E-state index in [1.807, 2.05) is 0 Å². The number of aryl methyl sites for hydroxylation is 1. The maximum Gasteiger partial charge on any atom is 0.266 e. The van der Waals surface area contributed by atoms with Crippen LogP contribution in [0, 0.1) is 11.6 Å². The summed E-state index contributed by atoms with van der Waals surface area (Å²) in [5.74, 6) is -1.91. The van der Waals surface area contributed by atoms with Gasteiger partial charge < -0.3 is 0 Å². The maximum absolute atomic E-state index is 13.7. The Morgan fingerprint density at radius 2 is 1.69 bits per heavy atom. The van der Waals surface area contributed by atoms with Crippen LogP contribution in [0.4, 0.5) is 14.5 Å². The summed E-state index contributed by atoms with van der Waals surface area (Å²) in [4.78, 5) is 10.6. The van der Waals surface area contributed by atoms with E-state index in [2.05, 4.69) is 9.82 Å². The third kappa shape index (κ3) is 3.62. The second kappa shape index (κ2) is 6.68. The molecule has 0 spiro atoms. The van der Waals surface area contributed by atoms with Crippen molar-refractivity contribution in [1.82, 2.24) is 9.78 Å². The van der Waals surface area contributed by atoms with Gasteiger partial charge in [0.15, 0.2) is 0 Å². The van der Waals surface area contributed by atoms with Crippen LogP contribution in [0.25, 0.3) is 11.3 Å². The number of nitrogens with zero attached hydrogens (tertiary/aromatic N) is 2. The van der Waals surface area contributed by atoms with Gasteiger partial charge in [-0.1, -0.05) is 12.1 Å². The lowest BCUT2D eigenvalue weighted by molar-refractivity contribution is 0.555. The normalized spacial score (nSPS) is 11.3. The Labute approximate surface area is 147 Å². The molecule has 1 N–H and O–H groups in total. The molecule has 0 atom stereocenters. The van der Waals surface area contributed by atoms with Crippen molar-refractivity contribution in [3.8, 4) is 11.3 Å². The number of nitrogens with one attached hydrogen (secondary N) is 1. The Bertz CT molecular complexity index is 1130. The molecule has 26 heavy (non-hydrogen) atoms. The molecule has 0 saturated heterocycles. The first kappa shape index (κ1) is 17.7. The average molecular weight is 377 g/mol. The van der Waals surface area contributed by atoms with E-state index in [-0.39, 0.29) is 11.2 Å². The standard InChI is InChI=1S/C17H13F2N3O3S/c1-22-17(23)9-8-15(20-22)11-2-5-13(6-3-11)21-26(24,25)16-10-12(18)4-7-14(16)19/h2-10,21H,1H3. The van der Waals surface area contributed by atoms with E-state index >= 15 is 0 Å². The van der Waals surface area contributed by atoms with E-state index in [1.165, 1.54) is 29.9 Å². The quantitative estimate of drug-likeness (QED) is 0.758. The monoisotopic (exact) mass is 377 g/mol. The van der Waals surface area contributed by atoms with Gasteiger partial charge in [-0.3, -0.25) is 9.52 Å². The molecule has 0 saturated carbocycles. The minimum atomic E-state index is -4.28. The highest BCUT2D eigenvalue weighted by atomic mass is 32.2. The largest absolute Gasteiger partial charge is 0.280 e. The van der Waals surface area contributed by atoms with Gasteiger partial charge in [-0.25, -0.2) is 21.9 Å². The van der Waals surface area contributed by atoms with Crippen LogP contribution >= 0.6 is 0 Å². The highest BCUT2D eigenvalue weighted by Crippen LogP contribution is 2.22. The Balaban J connectivity index is 1.88. The van der Waals surface area contributed by atoms with Gasteiger partial charge in [-0.15, -0.1) is 0 Å². The zero-order chi connectivity index (χ0) is 18.9. The van der Waals surface area contributed by atoms with Crippen LogP contribution in [0.1, 0.15) is 0 Å². The lowest BCUT2D eigenvalue weighted by Gasteiger charge is -2.10. The number of hydrogen-bond donors (Lipinski definition) is 1. The van der Waals surface area contributed by atoms with E-state index in [0.717, 1.165) is 12.1 Å². The number of aromatic nitrogens is 2.